The number of benzene rings is 2. The molecule has 0 spiro atoms. The number of carbonyl (C=O) groups excluding carboxylic acids is 2. The molecule has 0 saturated heterocycles. The zero-order chi connectivity index (χ0) is 19.2. The van der Waals surface area contributed by atoms with Crippen LogP contribution in [-0.4, -0.2) is 29.9 Å². The van der Waals surface area contributed by atoms with Crippen molar-refractivity contribution in [3.8, 4) is 5.75 Å². The quantitative estimate of drug-likeness (QED) is 0.568. The molecule has 1 aromatic heterocycles. The molecular weight excluding hydrogens is 364 g/mol. The zero-order valence-corrected chi connectivity index (χ0v) is 15.8. The minimum atomic E-state index is -0.553. The molecule has 2 amide bonds. The van der Waals surface area contributed by atoms with Crippen LogP contribution in [0.2, 0.25) is 0 Å². The lowest BCUT2D eigenvalue weighted by atomic mass is 10.1. The van der Waals surface area contributed by atoms with E-state index in [1.165, 1.54) is 11.3 Å². The summed E-state index contributed by atoms with van der Waals surface area (Å²) in [5.74, 6) is 0.00929. The molecule has 0 bridgehead atoms. The summed E-state index contributed by atoms with van der Waals surface area (Å²) in [5.41, 5.74) is 6.53. The van der Waals surface area contributed by atoms with Gasteiger partial charge in [-0.15, -0.1) is 0 Å². The fourth-order valence-corrected chi connectivity index (χ4v) is 3.39. The lowest BCUT2D eigenvalue weighted by Crippen LogP contribution is -2.48. The number of hydrazine groups is 1. The van der Waals surface area contributed by atoms with Crippen LogP contribution in [0.25, 0.3) is 10.2 Å². The number of rotatable bonds is 6. The summed E-state index contributed by atoms with van der Waals surface area (Å²) in [6.07, 6.45) is 0.136. The predicted molar refractivity (Wildman–Crippen MR) is 106 cm³/mol. The SMILES string of the molecule is COc1cccc(CC(=O)NNC(=O)[C@@H](C)Nc2nc3ccccc3s2)c1. The van der Waals surface area contributed by atoms with E-state index in [1.54, 1.807) is 26.2 Å². The largest absolute Gasteiger partial charge is 0.497 e. The van der Waals surface area contributed by atoms with Gasteiger partial charge in [-0.05, 0) is 36.8 Å². The summed E-state index contributed by atoms with van der Waals surface area (Å²) < 4.78 is 6.17. The average Bonchev–Trinajstić information content (AvgIpc) is 3.08. The Balaban J connectivity index is 1.49. The topological polar surface area (TPSA) is 92.4 Å². The Morgan fingerprint density at radius 3 is 2.74 bits per heavy atom. The maximum absolute atomic E-state index is 12.2. The van der Waals surface area contributed by atoms with Crippen LogP contribution in [0, 0.1) is 0 Å². The first-order valence-corrected chi connectivity index (χ1v) is 9.20. The van der Waals surface area contributed by atoms with E-state index in [4.69, 9.17) is 4.74 Å². The molecule has 2 aromatic carbocycles. The summed E-state index contributed by atoms with van der Waals surface area (Å²) >= 11 is 1.47. The van der Waals surface area contributed by atoms with Crippen molar-refractivity contribution in [3.63, 3.8) is 0 Å². The summed E-state index contributed by atoms with van der Waals surface area (Å²) in [6.45, 7) is 1.70. The van der Waals surface area contributed by atoms with Crippen molar-refractivity contribution in [2.45, 2.75) is 19.4 Å². The first-order valence-electron chi connectivity index (χ1n) is 8.39. The molecule has 3 aromatic rings. The number of anilines is 1. The number of fused-ring (bicyclic) bond motifs is 1. The van der Waals surface area contributed by atoms with E-state index in [-0.39, 0.29) is 18.2 Å². The zero-order valence-electron chi connectivity index (χ0n) is 15.0. The Morgan fingerprint density at radius 1 is 1.15 bits per heavy atom. The van der Waals surface area contributed by atoms with Gasteiger partial charge < -0.3 is 10.1 Å². The van der Waals surface area contributed by atoms with Crippen LogP contribution in [0.3, 0.4) is 0 Å². The Labute approximate surface area is 160 Å². The molecule has 0 fully saturated rings. The third-order valence-corrected chi connectivity index (χ3v) is 4.82. The van der Waals surface area contributed by atoms with Gasteiger partial charge in [-0.25, -0.2) is 4.98 Å². The number of methoxy groups -OCH3 is 1. The van der Waals surface area contributed by atoms with Gasteiger partial charge in [0.2, 0.25) is 5.91 Å². The molecule has 1 heterocycles. The van der Waals surface area contributed by atoms with Gasteiger partial charge in [-0.3, -0.25) is 20.4 Å². The lowest BCUT2D eigenvalue weighted by Gasteiger charge is -2.14. The monoisotopic (exact) mass is 384 g/mol. The number of para-hydroxylation sites is 1. The van der Waals surface area contributed by atoms with Crippen LogP contribution in [-0.2, 0) is 16.0 Å². The first kappa shape index (κ1) is 18.7. The van der Waals surface area contributed by atoms with Gasteiger partial charge in [0, 0.05) is 0 Å². The molecule has 8 heteroatoms. The number of nitrogens with zero attached hydrogens (tertiary/aromatic N) is 1. The second-order valence-corrected chi connectivity index (χ2v) is 6.95. The van der Waals surface area contributed by atoms with E-state index >= 15 is 0 Å². The van der Waals surface area contributed by atoms with Gasteiger partial charge >= 0.3 is 0 Å². The van der Waals surface area contributed by atoms with Crippen molar-refractivity contribution in [2.24, 2.45) is 0 Å². The van der Waals surface area contributed by atoms with Crippen LogP contribution < -0.4 is 20.9 Å². The second-order valence-electron chi connectivity index (χ2n) is 5.92. The molecule has 1 atom stereocenters. The number of amides is 2. The summed E-state index contributed by atoms with van der Waals surface area (Å²) in [6, 6.07) is 14.4. The maximum atomic E-state index is 12.2. The third kappa shape index (κ3) is 4.95. The van der Waals surface area contributed by atoms with Crippen LogP contribution in [0.1, 0.15) is 12.5 Å². The predicted octanol–water partition coefficient (Wildman–Crippen LogP) is 2.50. The van der Waals surface area contributed by atoms with E-state index in [0.29, 0.717) is 10.9 Å². The summed E-state index contributed by atoms with van der Waals surface area (Å²) in [5, 5.41) is 3.70. The minimum absolute atomic E-state index is 0.136. The second kappa shape index (κ2) is 8.50. The molecular formula is C19H20N4O3S. The summed E-state index contributed by atoms with van der Waals surface area (Å²) in [7, 11) is 1.57. The van der Waals surface area contributed by atoms with Crippen molar-refractivity contribution in [2.75, 3.05) is 12.4 Å². The average molecular weight is 384 g/mol. The molecule has 0 radical (unpaired) electrons. The van der Waals surface area contributed by atoms with Crippen molar-refractivity contribution < 1.29 is 14.3 Å². The van der Waals surface area contributed by atoms with Crippen LogP contribution in [0.4, 0.5) is 5.13 Å². The molecule has 27 heavy (non-hydrogen) atoms. The summed E-state index contributed by atoms with van der Waals surface area (Å²) in [4.78, 5) is 28.6. The Kier molecular flexibility index (Phi) is 5.87. The van der Waals surface area contributed by atoms with Crippen LogP contribution in [0.15, 0.2) is 48.5 Å². The fourth-order valence-electron chi connectivity index (χ4n) is 2.44. The van der Waals surface area contributed by atoms with Crippen molar-refractivity contribution >= 4 is 38.5 Å². The van der Waals surface area contributed by atoms with Gasteiger partial charge in [-0.1, -0.05) is 35.6 Å². The Hall–Kier alpha value is -3.13. The highest BCUT2D eigenvalue weighted by atomic mass is 32.1. The van der Waals surface area contributed by atoms with Gasteiger partial charge in [0.1, 0.15) is 11.8 Å². The smallest absolute Gasteiger partial charge is 0.260 e. The van der Waals surface area contributed by atoms with E-state index in [2.05, 4.69) is 21.2 Å². The highest BCUT2D eigenvalue weighted by Gasteiger charge is 2.15. The highest BCUT2D eigenvalue weighted by molar-refractivity contribution is 7.22. The van der Waals surface area contributed by atoms with Gasteiger partial charge in [0.15, 0.2) is 5.13 Å². The third-order valence-electron chi connectivity index (χ3n) is 3.85. The number of hydrogen-bond acceptors (Lipinski definition) is 6. The standard InChI is InChI=1S/C19H20N4O3S/c1-12(20-19-21-15-8-3-4-9-16(15)27-19)18(25)23-22-17(24)11-13-6-5-7-14(10-13)26-2/h3-10,12H,11H2,1-2H3,(H,20,21)(H,22,24)(H,23,25)/t12-/m1/s1. The van der Waals surface area contributed by atoms with E-state index < -0.39 is 6.04 Å². The number of carbonyl (C=O) groups is 2. The number of aromatic nitrogens is 1. The van der Waals surface area contributed by atoms with Gasteiger partial charge in [0.05, 0.1) is 23.7 Å². The van der Waals surface area contributed by atoms with Crippen LogP contribution >= 0.6 is 11.3 Å². The molecule has 0 saturated carbocycles. The molecule has 7 nitrogen and oxygen atoms in total. The van der Waals surface area contributed by atoms with Crippen molar-refractivity contribution in [1.82, 2.24) is 15.8 Å². The molecule has 0 unspecified atom stereocenters. The van der Waals surface area contributed by atoms with E-state index in [9.17, 15) is 9.59 Å². The molecule has 0 aliphatic rings. The molecule has 0 aliphatic heterocycles. The number of ether oxygens (including phenoxy) is 1. The van der Waals surface area contributed by atoms with Gasteiger partial charge in [-0.2, -0.15) is 0 Å². The van der Waals surface area contributed by atoms with Gasteiger partial charge in [0.25, 0.3) is 5.91 Å². The van der Waals surface area contributed by atoms with E-state index in [1.807, 2.05) is 36.4 Å². The van der Waals surface area contributed by atoms with Crippen molar-refractivity contribution in [1.29, 1.82) is 0 Å². The fraction of sp³-hybridized carbons (Fsp3) is 0.211. The Morgan fingerprint density at radius 2 is 1.96 bits per heavy atom. The first-order chi connectivity index (χ1) is 13.0. The number of thiazole rings is 1. The van der Waals surface area contributed by atoms with Crippen LogP contribution in [0.5, 0.6) is 5.75 Å². The molecule has 3 rings (SSSR count). The number of nitrogens with one attached hydrogen (secondary N) is 3. The lowest BCUT2D eigenvalue weighted by molar-refractivity contribution is -0.128. The number of hydrogen-bond donors (Lipinski definition) is 3. The molecule has 0 aliphatic carbocycles. The highest BCUT2D eigenvalue weighted by Crippen LogP contribution is 2.25. The normalized spacial score (nSPS) is 11.6. The molecule has 140 valence electrons. The maximum Gasteiger partial charge on any atom is 0.260 e. The molecule has 3 N–H and O–H groups in total. The van der Waals surface area contributed by atoms with E-state index in [0.717, 1.165) is 15.8 Å². The minimum Gasteiger partial charge on any atom is -0.497 e. The van der Waals surface area contributed by atoms with Crippen molar-refractivity contribution in [3.05, 3.63) is 54.1 Å². The Bertz CT molecular complexity index is 924.